The zero-order valence-corrected chi connectivity index (χ0v) is 20.8. The zero-order chi connectivity index (χ0) is 25.5. The molecule has 0 aliphatic rings. The molecule has 0 saturated heterocycles. The lowest BCUT2D eigenvalue weighted by molar-refractivity contribution is -0.124. The highest BCUT2D eigenvalue weighted by molar-refractivity contribution is 6.34. The molecular formula is C25H28ClFN4O4. The summed E-state index contributed by atoms with van der Waals surface area (Å²) in [5.41, 5.74) is 0.791. The third kappa shape index (κ3) is 7.10. The summed E-state index contributed by atoms with van der Waals surface area (Å²) in [4.78, 5) is 35.5. The van der Waals surface area contributed by atoms with Crippen molar-refractivity contribution >= 4 is 17.5 Å². The Morgan fingerprint density at radius 1 is 1.17 bits per heavy atom. The van der Waals surface area contributed by atoms with Crippen LogP contribution in [0.2, 0.25) is 5.02 Å². The molecule has 0 aliphatic heterocycles. The van der Waals surface area contributed by atoms with Crippen LogP contribution in [0.3, 0.4) is 0 Å². The summed E-state index contributed by atoms with van der Waals surface area (Å²) < 4.78 is 25.8. The van der Waals surface area contributed by atoms with E-state index in [1.165, 1.54) is 24.4 Å². The van der Waals surface area contributed by atoms with Crippen molar-refractivity contribution in [1.82, 2.24) is 20.3 Å². The number of nitrogens with one attached hydrogen (secondary N) is 2. The molecule has 186 valence electrons. The lowest BCUT2D eigenvalue weighted by atomic mass is 10.1. The molecule has 0 bridgehead atoms. The molecule has 0 unspecified atom stereocenters. The summed E-state index contributed by atoms with van der Waals surface area (Å²) >= 11 is 6.47. The van der Waals surface area contributed by atoms with Crippen LogP contribution in [0.1, 0.15) is 33.3 Å². The minimum atomic E-state index is -0.653. The molecule has 0 fully saturated rings. The highest BCUT2D eigenvalue weighted by atomic mass is 35.5. The molecular weight excluding hydrogens is 475 g/mol. The van der Waals surface area contributed by atoms with E-state index in [2.05, 4.69) is 20.3 Å². The van der Waals surface area contributed by atoms with Gasteiger partial charge in [-0.05, 0) is 31.5 Å². The number of H-pyrrole nitrogens is 1. The topological polar surface area (TPSA) is 106 Å². The normalized spacial score (nSPS) is 11.2. The Kier molecular flexibility index (Phi) is 8.95. The number of amides is 1. The van der Waals surface area contributed by atoms with Gasteiger partial charge in [-0.15, -0.1) is 0 Å². The highest BCUT2D eigenvalue weighted by Gasteiger charge is 2.18. The van der Waals surface area contributed by atoms with E-state index in [0.29, 0.717) is 35.9 Å². The third-order valence-electron chi connectivity index (χ3n) is 4.94. The average Bonchev–Trinajstić information content (AvgIpc) is 2.81. The van der Waals surface area contributed by atoms with Crippen LogP contribution in [0, 0.1) is 11.7 Å². The number of halogens is 2. The van der Waals surface area contributed by atoms with E-state index in [1.54, 1.807) is 26.0 Å². The first-order chi connectivity index (χ1) is 16.7. The number of hydrogen-bond donors (Lipinski definition) is 2. The lowest BCUT2D eigenvalue weighted by Gasteiger charge is -2.13. The van der Waals surface area contributed by atoms with Gasteiger partial charge in [-0.25, -0.2) is 14.4 Å². The average molecular weight is 503 g/mol. The molecule has 3 rings (SSSR count). The van der Waals surface area contributed by atoms with Crippen molar-refractivity contribution in [3.8, 4) is 28.5 Å². The van der Waals surface area contributed by atoms with Gasteiger partial charge in [-0.1, -0.05) is 31.5 Å². The molecule has 0 saturated carbocycles. The first kappa shape index (κ1) is 26.3. The number of benzene rings is 1. The Hall–Kier alpha value is -3.30. The minimum absolute atomic E-state index is 0.0294. The van der Waals surface area contributed by atoms with E-state index in [4.69, 9.17) is 21.1 Å². The van der Waals surface area contributed by atoms with Gasteiger partial charge in [0.25, 0.3) is 5.56 Å². The van der Waals surface area contributed by atoms with Crippen LogP contribution < -0.4 is 15.6 Å². The van der Waals surface area contributed by atoms with Crippen LogP contribution in [0.5, 0.6) is 5.88 Å². The molecule has 2 aromatic heterocycles. The Balaban J connectivity index is 1.85. The molecule has 1 aromatic carbocycles. The van der Waals surface area contributed by atoms with Crippen LogP contribution >= 0.6 is 11.6 Å². The van der Waals surface area contributed by atoms with Crippen molar-refractivity contribution in [2.45, 2.75) is 40.3 Å². The number of pyridine rings is 1. The van der Waals surface area contributed by atoms with Gasteiger partial charge in [-0.2, -0.15) is 0 Å². The number of carbonyl (C=O) groups excluding carboxylic acids is 1. The van der Waals surface area contributed by atoms with Crippen LogP contribution in [0.4, 0.5) is 4.39 Å². The molecule has 0 radical (unpaired) electrons. The van der Waals surface area contributed by atoms with Crippen molar-refractivity contribution in [1.29, 1.82) is 0 Å². The largest absolute Gasteiger partial charge is 0.475 e. The maximum atomic E-state index is 14.8. The standard InChI is InChI=1S/C25H28ClFN4O4/c1-14(2)25(33)29-13-17-5-7-18(27)22(23(17)26)24-30-19(11-20(32)31-24)16-6-8-21(28-12-16)35-10-9-34-15(3)4/h5-8,11-12,14-15H,9-10,13H2,1-4H3,(H,29,33)(H,30,31,32). The van der Waals surface area contributed by atoms with Gasteiger partial charge in [0.2, 0.25) is 11.8 Å². The second-order valence-electron chi connectivity index (χ2n) is 8.40. The van der Waals surface area contributed by atoms with Crippen LogP contribution in [-0.2, 0) is 16.1 Å². The van der Waals surface area contributed by atoms with Gasteiger partial charge in [0.15, 0.2) is 0 Å². The van der Waals surface area contributed by atoms with Gasteiger partial charge in [0, 0.05) is 36.4 Å². The van der Waals surface area contributed by atoms with Crippen molar-refractivity contribution in [3.63, 3.8) is 0 Å². The fourth-order valence-electron chi connectivity index (χ4n) is 3.11. The maximum Gasteiger partial charge on any atom is 0.251 e. The molecule has 8 nitrogen and oxygen atoms in total. The number of aromatic nitrogens is 3. The fraction of sp³-hybridized carbons (Fsp3) is 0.360. The van der Waals surface area contributed by atoms with E-state index in [1.807, 2.05) is 13.8 Å². The zero-order valence-electron chi connectivity index (χ0n) is 20.0. The molecule has 0 aliphatic carbocycles. The van der Waals surface area contributed by atoms with Gasteiger partial charge < -0.3 is 19.8 Å². The highest BCUT2D eigenvalue weighted by Crippen LogP contribution is 2.32. The monoisotopic (exact) mass is 502 g/mol. The first-order valence-corrected chi connectivity index (χ1v) is 11.6. The molecule has 0 atom stereocenters. The molecule has 2 N–H and O–H groups in total. The molecule has 35 heavy (non-hydrogen) atoms. The third-order valence-corrected chi connectivity index (χ3v) is 5.38. The number of nitrogens with zero attached hydrogens (tertiary/aromatic N) is 2. The van der Waals surface area contributed by atoms with Crippen LogP contribution in [-0.4, -0.2) is 40.2 Å². The van der Waals surface area contributed by atoms with E-state index in [-0.39, 0.29) is 40.9 Å². The van der Waals surface area contributed by atoms with Crippen molar-refractivity contribution in [2.24, 2.45) is 5.92 Å². The Morgan fingerprint density at radius 3 is 2.60 bits per heavy atom. The predicted molar refractivity (Wildman–Crippen MR) is 132 cm³/mol. The van der Waals surface area contributed by atoms with Gasteiger partial charge in [0.1, 0.15) is 18.2 Å². The van der Waals surface area contributed by atoms with Crippen LogP contribution in [0.15, 0.2) is 41.3 Å². The first-order valence-electron chi connectivity index (χ1n) is 11.2. The summed E-state index contributed by atoms with van der Waals surface area (Å²) in [6.07, 6.45) is 1.63. The van der Waals surface area contributed by atoms with E-state index < -0.39 is 11.4 Å². The quantitative estimate of drug-likeness (QED) is 0.399. The lowest BCUT2D eigenvalue weighted by Crippen LogP contribution is -2.27. The Labute approximate surface area is 207 Å². The smallest absolute Gasteiger partial charge is 0.251 e. The number of aromatic amines is 1. The summed E-state index contributed by atoms with van der Waals surface area (Å²) in [6.45, 7) is 8.31. The molecule has 10 heteroatoms. The van der Waals surface area contributed by atoms with Crippen LogP contribution in [0.25, 0.3) is 22.6 Å². The van der Waals surface area contributed by atoms with Crippen molar-refractivity contribution in [2.75, 3.05) is 13.2 Å². The van der Waals surface area contributed by atoms with Gasteiger partial charge in [0.05, 0.1) is 29.0 Å². The molecule has 3 aromatic rings. The van der Waals surface area contributed by atoms with E-state index in [0.717, 1.165) is 0 Å². The van der Waals surface area contributed by atoms with E-state index in [9.17, 15) is 14.0 Å². The van der Waals surface area contributed by atoms with E-state index >= 15 is 0 Å². The number of rotatable bonds is 10. The van der Waals surface area contributed by atoms with Crippen molar-refractivity contribution < 1.29 is 18.7 Å². The van der Waals surface area contributed by atoms with Gasteiger partial charge >= 0.3 is 0 Å². The summed E-state index contributed by atoms with van der Waals surface area (Å²) in [5.74, 6) is -0.649. The summed E-state index contributed by atoms with van der Waals surface area (Å²) in [7, 11) is 0. The molecule has 1 amide bonds. The second kappa shape index (κ2) is 11.9. The molecule has 2 heterocycles. The summed E-state index contributed by atoms with van der Waals surface area (Å²) in [6, 6.07) is 7.35. The van der Waals surface area contributed by atoms with Crippen molar-refractivity contribution in [3.05, 3.63) is 63.3 Å². The second-order valence-corrected chi connectivity index (χ2v) is 8.78. The maximum absolute atomic E-state index is 14.8. The molecule has 0 spiro atoms. The Bertz CT molecular complexity index is 1230. The van der Waals surface area contributed by atoms with Gasteiger partial charge in [-0.3, -0.25) is 9.59 Å². The fourth-order valence-corrected chi connectivity index (χ4v) is 3.42. The summed E-state index contributed by atoms with van der Waals surface area (Å²) in [5, 5.41) is 2.80. The predicted octanol–water partition coefficient (Wildman–Crippen LogP) is 4.37. The minimum Gasteiger partial charge on any atom is -0.475 e. The number of carbonyl (C=O) groups is 1. The Morgan fingerprint density at radius 2 is 1.94 bits per heavy atom. The number of ether oxygens (including phenoxy) is 2. The SMILES string of the molecule is CC(C)OCCOc1ccc(-c2cc(=O)[nH]c(-c3c(F)ccc(CNC(=O)C(C)C)c3Cl)n2)cn1. The number of hydrogen-bond acceptors (Lipinski definition) is 6.